The summed E-state index contributed by atoms with van der Waals surface area (Å²) in [4.78, 5) is 25.0. The predicted molar refractivity (Wildman–Crippen MR) is 70.4 cm³/mol. The average molecular weight is 267 g/mol. The molecule has 0 saturated heterocycles. The van der Waals surface area contributed by atoms with Gasteiger partial charge in [0.25, 0.3) is 0 Å². The van der Waals surface area contributed by atoms with Crippen LogP contribution >= 0.6 is 0 Å². The third kappa shape index (κ3) is 3.59. The smallest absolute Gasteiger partial charge is 0.310 e. The molecule has 0 spiro atoms. The predicted octanol–water partition coefficient (Wildman–Crippen LogP) is 2.52. The SMILES string of the molecule is CCC(CC)(CC(=O)N(C)Cc1ccoc1)C(=O)O. The molecule has 106 valence electrons. The number of carbonyl (C=O) groups is 2. The van der Waals surface area contributed by atoms with Crippen molar-refractivity contribution in [2.24, 2.45) is 5.41 Å². The van der Waals surface area contributed by atoms with Crippen molar-refractivity contribution in [1.82, 2.24) is 4.90 Å². The molecule has 0 bridgehead atoms. The second-order valence-corrected chi connectivity index (χ2v) is 4.85. The van der Waals surface area contributed by atoms with Gasteiger partial charge in [-0.15, -0.1) is 0 Å². The maximum absolute atomic E-state index is 12.1. The Labute approximate surface area is 113 Å². The largest absolute Gasteiger partial charge is 0.481 e. The van der Waals surface area contributed by atoms with E-state index in [1.54, 1.807) is 39.5 Å². The highest BCUT2D eigenvalue weighted by Crippen LogP contribution is 2.31. The molecule has 1 aromatic rings. The van der Waals surface area contributed by atoms with E-state index in [-0.39, 0.29) is 12.3 Å². The highest BCUT2D eigenvalue weighted by atomic mass is 16.4. The molecule has 0 atom stereocenters. The van der Waals surface area contributed by atoms with Gasteiger partial charge in [-0.1, -0.05) is 13.8 Å². The van der Waals surface area contributed by atoms with Crippen LogP contribution in [0.5, 0.6) is 0 Å². The number of aliphatic carboxylic acids is 1. The number of rotatable bonds is 7. The van der Waals surface area contributed by atoms with Crippen LogP contribution in [0.1, 0.15) is 38.7 Å². The van der Waals surface area contributed by atoms with Crippen LogP contribution in [-0.4, -0.2) is 28.9 Å². The number of carboxylic acids is 1. The number of carboxylic acid groups (broad SMARTS) is 1. The van der Waals surface area contributed by atoms with Crippen molar-refractivity contribution in [1.29, 1.82) is 0 Å². The summed E-state index contributed by atoms with van der Waals surface area (Å²) in [6.07, 6.45) is 4.05. The molecule has 1 N–H and O–H groups in total. The van der Waals surface area contributed by atoms with Gasteiger partial charge in [-0.25, -0.2) is 0 Å². The maximum atomic E-state index is 12.1. The molecular weight excluding hydrogens is 246 g/mol. The summed E-state index contributed by atoms with van der Waals surface area (Å²) >= 11 is 0. The number of hydrogen-bond acceptors (Lipinski definition) is 3. The maximum Gasteiger partial charge on any atom is 0.310 e. The minimum absolute atomic E-state index is 0.0314. The molecule has 0 fully saturated rings. The first-order chi connectivity index (χ1) is 8.95. The molecule has 19 heavy (non-hydrogen) atoms. The van der Waals surface area contributed by atoms with Gasteiger partial charge < -0.3 is 14.4 Å². The van der Waals surface area contributed by atoms with E-state index in [1.807, 2.05) is 0 Å². The third-order valence-corrected chi connectivity index (χ3v) is 3.72. The van der Waals surface area contributed by atoms with E-state index in [9.17, 15) is 14.7 Å². The fourth-order valence-corrected chi connectivity index (χ4v) is 2.05. The second-order valence-electron chi connectivity index (χ2n) is 4.85. The minimum atomic E-state index is -0.957. The molecule has 5 heteroatoms. The van der Waals surface area contributed by atoms with E-state index < -0.39 is 11.4 Å². The summed E-state index contributed by atoms with van der Waals surface area (Å²) in [6, 6.07) is 1.79. The Morgan fingerprint density at radius 1 is 1.37 bits per heavy atom. The van der Waals surface area contributed by atoms with Crippen LogP contribution in [0.3, 0.4) is 0 Å². The molecule has 1 rings (SSSR count). The lowest BCUT2D eigenvalue weighted by molar-refractivity contribution is -0.154. The quantitative estimate of drug-likeness (QED) is 0.824. The van der Waals surface area contributed by atoms with Crippen molar-refractivity contribution in [2.75, 3.05) is 7.05 Å². The number of nitrogens with zero attached hydrogens (tertiary/aromatic N) is 1. The molecule has 0 radical (unpaired) electrons. The highest BCUT2D eigenvalue weighted by Gasteiger charge is 2.37. The number of amides is 1. The van der Waals surface area contributed by atoms with Crippen LogP contribution in [0.25, 0.3) is 0 Å². The summed E-state index contributed by atoms with van der Waals surface area (Å²) in [5.74, 6) is -1.06. The van der Waals surface area contributed by atoms with Gasteiger partial charge in [0, 0.05) is 25.6 Å². The fraction of sp³-hybridized carbons (Fsp3) is 0.571. The second kappa shape index (κ2) is 6.41. The first-order valence-electron chi connectivity index (χ1n) is 6.43. The molecule has 0 aliphatic rings. The molecule has 1 heterocycles. The average Bonchev–Trinajstić information content (AvgIpc) is 2.88. The summed E-state index contributed by atoms with van der Waals surface area (Å²) in [7, 11) is 1.67. The zero-order valence-electron chi connectivity index (χ0n) is 11.7. The van der Waals surface area contributed by atoms with Crippen LogP contribution in [0.2, 0.25) is 0 Å². The Kier molecular flexibility index (Phi) is 5.15. The summed E-state index contributed by atoms with van der Waals surface area (Å²) in [5, 5.41) is 9.33. The first-order valence-corrected chi connectivity index (χ1v) is 6.43. The van der Waals surface area contributed by atoms with Crippen LogP contribution in [0, 0.1) is 5.41 Å². The van der Waals surface area contributed by atoms with Crippen molar-refractivity contribution in [3.8, 4) is 0 Å². The van der Waals surface area contributed by atoms with Crippen molar-refractivity contribution in [3.63, 3.8) is 0 Å². The van der Waals surface area contributed by atoms with E-state index in [4.69, 9.17) is 4.42 Å². The highest BCUT2D eigenvalue weighted by molar-refractivity contribution is 5.84. The molecule has 1 amide bonds. The van der Waals surface area contributed by atoms with Crippen LogP contribution in [-0.2, 0) is 16.1 Å². The van der Waals surface area contributed by atoms with Crippen molar-refractivity contribution in [3.05, 3.63) is 24.2 Å². The van der Waals surface area contributed by atoms with E-state index in [2.05, 4.69) is 0 Å². The van der Waals surface area contributed by atoms with Gasteiger partial charge in [0.05, 0.1) is 17.9 Å². The number of carbonyl (C=O) groups excluding carboxylic acids is 1. The van der Waals surface area contributed by atoms with E-state index in [1.165, 1.54) is 4.90 Å². The summed E-state index contributed by atoms with van der Waals surface area (Å²) < 4.78 is 4.94. The molecular formula is C14H21NO4. The number of furan rings is 1. The van der Waals surface area contributed by atoms with Gasteiger partial charge >= 0.3 is 5.97 Å². The molecule has 0 aliphatic carbocycles. The van der Waals surface area contributed by atoms with Gasteiger partial charge in [0.2, 0.25) is 5.91 Å². The van der Waals surface area contributed by atoms with Crippen molar-refractivity contribution >= 4 is 11.9 Å². The topological polar surface area (TPSA) is 70.8 Å². The Bertz CT molecular complexity index is 421. The zero-order valence-corrected chi connectivity index (χ0v) is 11.7. The van der Waals surface area contributed by atoms with E-state index in [0.29, 0.717) is 19.4 Å². The molecule has 5 nitrogen and oxygen atoms in total. The monoisotopic (exact) mass is 267 g/mol. The Morgan fingerprint density at radius 2 is 2.00 bits per heavy atom. The molecule has 0 aromatic carbocycles. The third-order valence-electron chi connectivity index (χ3n) is 3.72. The lowest BCUT2D eigenvalue weighted by Crippen LogP contribution is -2.37. The molecule has 0 aliphatic heterocycles. The lowest BCUT2D eigenvalue weighted by Gasteiger charge is -2.28. The Hall–Kier alpha value is -1.78. The summed E-state index contributed by atoms with van der Waals surface area (Å²) in [6.45, 7) is 4.04. The zero-order chi connectivity index (χ0) is 14.5. The lowest BCUT2D eigenvalue weighted by atomic mass is 9.79. The Morgan fingerprint density at radius 3 is 2.42 bits per heavy atom. The van der Waals surface area contributed by atoms with Gasteiger partial charge in [0.15, 0.2) is 0 Å². The molecule has 0 saturated carbocycles. The molecule has 1 aromatic heterocycles. The van der Waals surface area contributed by atoms with E-state index >= 15 is 0 Å². The van der Waals surface area contributed by atoms with Crippen molar-refractivity contribution in [2.45, 2.75) is 39.7 Å². The van der Waals surface area contributed by atoms with Crippen LogP contribution in [0.4, 0.5) is 0 Å². The van der Waals surface area contributed by atoms with Gasteiger partial charge in [-0.3, -0.25) is 9.59 Å². The van der Waals surface area contributed by atoms with Crippen LogP contribution < -0.4 is 0 Å². The minimum Gasteiger partial charge on any atom is -0.481 e. The fourth-order valence-electron chi connectivity index (χ4n) is 2.05. The standard InChI is InChI=1S/C14H21NO4/c1-4-14(5-2,13(17)18)8-12(16)15(3)9-11-6-7-19-10-11/h6-7,10H,4-5,8-9H2,1-3H3,(H,17,18). The van der Waals surface area contributed by atoms with Gasteiger partial charge in [-0.05, 0) is 18.9 Å². The summed E-state index contributed by atoms with van der Waals surface area (Å²) in [5.41, 5.74) is -0.0633. The van der Waals surface area contributed by atoms with Gasteiger partial charge in [0.1, 0.15) is 0 Å². The number of hydrogen-bond donors (Lipinski definition) is 1. The van der Waals surface area contributed by atoms with Crippen molar-refractivity contribution < 1.29 is 19.1 Å². The Balaban J connectivity index is 2.69. The normalized spacial score (nSPS) is 11.3. The van der Waals surface area contributed by atoms with E-state index in [0.717, 1.165) is 5.56 Å². The van der Waals surface area contributed by atoms with Crippen LogP contribution in [0.15, 0.2) is 23.0 Å². The first kappa shape index (κ1) is 15.3. The molecule has 0 unspecified atom stereocenters. The van der Waals surface area contributed by atoms with Gasteiger partial charge in [-0.2, -0.15) is 0 Å².